The molecule has 54 valence electrons. The zero-order chi connectivity index (χ0) is 7.82. The molecule has 0 bridgehead atoms. The molecule has 10 heavy (non-hydrogen) atoms. The predicted octanol–water partition coefficient (Wildman–Crippen LogP) is 1.01. The number of nitrogens with one attached hydrogen (secondary N) is 1. The van der Waals surface area contributed by atoms with Crippen LogP contribution in [0.4, 0.5) is 0 Å². The van der Waals surface area contributed by atoms with Crippen molar-refractivity contribution < 1.29 is 0 Å². The SMILES string of the molecule is C#CCCNC(C#C)CC. The molecule has 0 amide bonds. The molecule has 1 heteroatoms. The summed E-state index contributed by atoms with van der Waals surface area (Å²) < 4.78 is 0. The Kier molecular flexibility index (Phi) is 5.63. The van der Waals surface area contributed by atoms with E-state index < -0.39 is 0 Å². The Morgan fingerprint density at radius 3 is 2.60 bits per heavy atom. The van der Waals surface area contributed by atoms with Gasteiger partial charge < -0.3 is 5.32 Å². The Labute approximate surface area is 63.2 Å². The molecule has 0 saturated carbocycles. The first kappa shape index (κ1) is 9.08. The summed E-state index contributed by atoms with van der Waals surface area (Å²) in [5.41, 5.74) is 0. The van der Waals surface area contributed by atoms with E-state index in [2.05, 4.69) is 17.2 Å². The first-order chi connectivity index (χ1) is 4.85. The van der Waals surface area contributed by atoms with Gasteiger partial charge in [-0.2, -0.15) is 0 Å². The lowest BCUT2D eigenvalue weighted by Crippen LogP contribution is -2.27. The van der Waals surface area contributed by atoms with Gasteiger partial charge >= 0.3 is 0 Å². The molecule has 0 aliphatic rings. The molecule has 1 nitrogen and oxygen atoms in total. The molecule has 0 aromatic carbocycles. The highest BCUT2D eigenvalue weighted by Gasteiger charge is 1.96. The maximum Gasteiger partial charge on any atom is 0.0684 e. The second-order valence-electron chi connectivity index (χ2n) is 2.04. The molecule has 0 spiro atoms. The fourth-order valence-corrected chi connectivity index (χ4v) is 0.640. The molecular formula is C9H13N. The van der Waals surface area contributed by atoms with Crippen molar-refractivity contribution in [1.29, 1.82) is 0 Å². The Morgan fingerprint density at radius 1 is 1.50 bits per heavy atom. The van der Waals surface area contributed by atoms with Crippen molar-refractivity contribution in [3.05, 3.63) is 0 Å². The van der Waals surface area contributed by atoms with E-state index in [9.17, 15) is 0 Å². The Balaban J connectivity index is 3.30. The van der Waals surface area contributed by atoms with Crippen molar-refractivity contribution in [1.82, 2.24) is 5.32 Å². The van der Waals surface area contributed by atoms with Gasteiger partial charge in [-0.25, -0.2) is 0 Å². The lowest BCUT2D eigenvalue weighted by atomic mass is 10.2. The minimum atomic E-state index is 0.188. The molecule has 0 aliphatic heterocycles. The van der Waals surface area contributed by atoms with Crippen LogP contribution in [-0.2, 0) is 0 Å². The predicted molar refractivity (Wildman–Crippen MR) is 44.4 cm³/mol. The Morgan fingerprint density at radius 2 is 2.20 bits per heavy atom. The molecule has 1 unspecified atom stereocenters. The van der Waals surface area contributed by atoms with Crippen molar-refractivity contribution >= 4 is 0 Å². The van der Waals surface area contributed by atoms with E-state index in [1.807, 2.05) is 6.92 Å². The van der Waals surface area contributed by atoms with Crippen LogP contribution < -0.4 is 5.32 Å². The molecule has 1 N–H and O–H groups in total. The molecule has 0 aromatic rings. The first-order valence-corrected chi connectivity index (χ1v) is 3.48. The third-order valence-corrected chi connectivity index (χ3v) is 1.27. The molecule has 0 aromatic heterocycles. The van der Waals surface area contributed by atoms with Gasteiger partial charge in [0.25, 0.3) is 0 Å². The van der Waals surface area contributed by atoms with Crippen LogP contribution in [0, 0.1) is 24.7 Å². The molecule has 0 saturated heterocycles. The van der Waals surface area contributed by atoms with Gasteiger partial charge in [0.2, 0.25) is 0 Å². The van der Waals surface area contributed by atoms with Crippen LogP contribution in [0.3, 0.4) is 0 Å². The van der Waals surface area contributed by atoms with Crippen LogP contribution in [0.5, 0.6) is 0 Å². The van der Waals surface area contributed by atoms with Crippen LogP contribution in [0.2, 0.25) is 0 Å². The smallest absolute Gasteiger partial charge is 0.0684 e. The molecule has 0 aliphatic carbocycles. The zero-order valence-electron chi connectivity index (χ0n) is 6.35. The van der Waals surface area contributed by atoms with Crippen LogP contribution in [-0.4, -0.2) is 12.6 Å². The van der Waals surface area contributed by atoms with Crippen LogP contribution in [0.1, 0.15) is 19.8 Å². The monoisotopic (exact) mass is 135 g/mol. The van der Waals surface area contributed by atoms with Gasteiger partial charge in [-0.15, -0.1) is 18.8 Å². The van der Waals surface area contributed by atoms with E-state index in [1.54, 1.807) is 0 Å². The summed E-state index contributed by atoms with van der Waals surface area (Å²) in [6.45, 7) is 2.87. The van der Waals surface area contributed by atoms with E-state index in [4.69, 9.17) is 12.8 Å². The summed E-state index contributed by atoms with van der Waals surface area (Å²) in [6.07, 6.45) is 12.0. The van der Waals surface area contributed by atoms with Crippen LogP contribution in [0.25, 0.3) is 0 Å². The minimum Gasteiger partial charge on any atom is -0.303 e. The lowest BCUT2D eigenvalue weighted by Gasteiger charge is -2.07. The molecule has 0 radical (unpaired) electrons. The maximum absolute atomic E-state index is 5.20. The second-order valence-corrected chi connectivity index (χ2v) is 2.04. The molecule has 0 fully saturated rings. The van der Waals surface area contributed by atoms with Gasteiger partial charge in [0.15, 0.2) is 0 Å². The summed E-state index contributed by atoms with van der Waals surface area (Å²) in [5, 5.41) is 3.14. The fraction of sp³-hybridized carbons (Fsp3) is 0.556. The highest BCUT2D eigenvalue weighted by molar-refractivity contribution is 4.98. The average molecular weight is 135 g/mol. The number of rotatable bonds is 4. The van der Waals surface area contributed by atoms with Crippen molar-refractivity contribution in [3.8, 4) is 24.7 Å². The summed E-state index contributed by atoms with van der Waals surface area (Å²) >= 11 is 0. The van der Waals surface area contributed by atoms with Crippen molar-refractivity contribution in [3.63, 3.8) is 0 Å². The van der Waals surface area contributed by atoms with E-state index in [1.165, 1.54) is 0 Å². The van der Waals surface area contributed by atoms with E-state index in [-0.39, 0.29) is 6.04 Å². The summed E-state index contributed by atoms with van der Waals surface area (Å²) in [4.78, 5) is 0. The van der Waals surface area contributed by atoms with Crippen molar-refractivity contribution in [2.24, 2.45) is 0 Å². The Bertz CT molecular complexity index is 147. The van der Waals surface area contributed by atoms with Crippen LogP contribution >= 0.6 is 0 Å². The fourth-order valence-electron chi connectivity index (χ4n) is 0.640. The topological polar surface area (TPSA) is 12.0 Å². The molecular weight excluding hydrogens is 122 g/mol. The van der Waals surface area contributed by atoms with E-state index in [0.717, 1.165) is 19.4 Å². The second kappa shape index (κ2) is 6.20. The zero-order valence-corrected chi connectivity index (χ0v) is 6.35. The maximum atomic E-state index is 5.20. The highest BCUT2D eigenvalue weighted by atomic mass is 14.9. The minimum absolute atomic E-state index is 0.188. The molecule has 0 rings (SSSR count). The standard InChI is InChI=1S/C9H13N/c1-4-7-8-10-9(5-2)6-3/h1-2,9-10H,6-8H2,3H3. The van der Waals surface area contributed by atoms with Gasteiger partial charge in [-0.05, 0) is 6.42 Å². The quantitative estimate of drug-likeness (QED) is 0.448. The normalized spacial score (nSPS) is 11.5. The van der Waals surface area contributed by atoms with Crippen molar-refractivity contribution in [2.45, 2.75) is 25.8 Å². The largest absolute Gasteiger partial charge is 0.303 e. The van der Waals surface area contributed by atoms with Crippen LogP contribution in [0.15, 0.2) is 0 Å². The average Bonchev–Trinajstić information content (AvgIpc) is 1.99. The van der Waals surface area contributed by atoms with Gasteiger partial charge in [-0.3, -0.25) is 0 Å². The Hall–Kier alpha value is -0.920. The number of hydrogen-bond donors (Lipinski definition) is 1. The summed E-state index contributed by atoms with van der Waals surface area (Å²) in [5.74, 6) is 5.17. The van der Waals surface area contributed by atoms with E-state index >= 15 is 0 Å². The van der Waals surface area contributed by atoms with Gasteiger partial charge in [0, 0.05) is 13.0 Å². The van der Waals surface area contributed by atoms with Crippen molar-refractivity contribution in [2.75, 3.05) is 6.54 Å². The van der Waals surface area contributed by atoms with Gasteiger partial charge in [0.1, 0.15) is 0 Å². The molecule has 1 atom stereocenters. The summed E-state index contributed by atoms with van der Waals surface area (Å²) in [7, 11) is 0. The van der Waals surface area contributed by atoms with Gasteiger partial charge in [0.05, 0.1) is 6.04 Å². The third kappa shape index (κ3) is 4.01. The lowest BCUT2D eigenvalue weighted by molar-refractivity contribution is 0.601. The summed E-state index contributed by atoms with van der Waals surface area (Å²) in [6, 6.07) is 0.188. The highest BCUT2D eigenvalue weighted by Crippen LogP contribution is 1.86. The number of terminal acetylenes is 2. The van der Waals surface area contributed by atoms with E-state index in [0.29, 0.717) is 0 Å². The third-order valence-electron chi connectivity index (χ3n) is 1.27. The van der Waals surface area contributed by atoms with Gasteiger partial charge in [-0.1, -0.05) is 12.8 Å². The first-order valence-electron chi connectivity index (χ1n) is 3.48. The number of hydrogen-bond acceptors (Lipinski definition) is 1. The molecule has 0 heterocycles.